The number of carbonyl (C=O) groups is 1. The summed E-state index contributed by atoms with van der Waals surface area (Å²) in [5, 5.41) is 10.6. The Hall–Kier alpha value is -1.65. The monoisotopic (exact) mass is 210 g/mol. The summed E-state index contributed by atoms with van der Waals surface area (Å²) in [6.45, 7) is 2.11. The lowest BCUT2D eigenvalue weighted by Gasteiger charge is -2.00. The quantitative estimate of drug-likeness (QED) is 0.533. The molecule has 1 heterocycles. The Morgan fingerprint density at radius 2 is 2.33 bits per heavy atom. The van der Waals surface area contributed by atoms with Gasteiger partial charge in [0.2, 0.25) is 0 Å². The minimum atomic E-state index is -0.479. The molecule has 0 aliphatic rings. The maximum atomic E-state index is 11.4. The standard InChI is InChI=1S/C10H14N2O3/c1-2-3-5-9(13)8-11-7-4-6-10(11)12(14)15/h4,6-7H,2-3,5,8H2,1H3. The van der Waals surface area contributed by atoms with Crippen LogP contribution >= 0.6 is 0 Å². The fourth-order valence-corrected chi connectivity index (χ4v) is 1.35. The van der Waals surface area contributed by atoms with Crippen LogP contribution in [0.15, 0.2) is 18.3 Å². The molecule has 0 saturated carbocycles. The molecule has 5 nitrogen and oxygen atoms in total. The van der Waals surface area contributed by atoms with E-state index in [0.29, 0.717) is 6.42 Å². The number of aromatic nitrogens is 1. The van der Waals surface area contributed by atoms with E-state index >= 15 is 0 Å². The van der Waals surface area contributed by atoms with Crippen LogP contribution in [-0.4, -0.2) is 15.3 Å². The Labute approximate surface area is 87.9 Å². The molecule has 0 saturated heterocycles. The first-order chi connectivity index (χ1) is 7.15. The normalized spacial score (nSPS) is 10.2. The van der Waals surface area contributed by atoms with Gasteiger partial charge in [0, 0.05) is 12.5 Å². The third kappa shape index (κ3) is 3.19. The maximum Gasteiger partial charge on any atom is 0.323 e. The van der Waals surface area contributed by atoms with Gasteiger partial charge in [0.15, 0.2) is 5.78 Å². The fraction of sp³-hybridized carbons (Fsp3) is 0.500. The maximum absolute atomic E-state index is 11.4. The highest BCUT2D eigenvalue weighted by Gasteiger charge is 2.14. The van der Waals surface area contributed by atoms with Gasteiger partial charge in [0.25, 0.3) is 0 Å². The smallest absolute Gasteiger partial charge is 0.323 e. The van der Waals surface area contributed by atoms with Crippen molar-refractivity contribution in [1.82, 2.24) is 4.57 Å². The first-order valence-electron chi connectivity index (χ1n) is 4.96. The van der Waals surface area contributed by atoms with E-state index in [-0.39, 0.29) is 18.1 Å². The molecule has 0 atom stereocenters. The minimum Gasteiger partial charge on any atom is -0.358 e. The topological polar surface area (TPSA) is 65.1 Å². The van der Waals surface area contributed by atoms with E-state index < -0.39 is 4.92 Å². The Kier molecular flexibility index (Phi) is 4.03. The number of ketones is 1. The summed E-state index contributed by atoms with van der Waals surface area (Å²) in [6.07, 6.45) is 3.85. The van der Waals surface area contributed by atoms with E-state index in [1.54, 1.807) is 12.3 Å². The van der Waals surface area contributed by atoms with Crippen LogP contribution in [0.2, 0.25) is 0 Å². The molecule has 0 unspecified atom stereocenters. The molecule has 0 spiro atoms. The Bertz CT molecular complexity index is 357. The summed E-state index contributed by atoms with van der Waals surface area (Å²) in [7, 11) is 0. The van der Waals surface area contributed by atoms with Crippen molar-refractivity contribution in [2.24, 2.45) is 0 Å². The van der Waals surface area contributed by atoms with Gasteiger partial charge in [0.1, 0.15) is 6.54 Å². The van der Waals surface area contributed by atoms with E-state index in [1.807, 2.05) is 6.92 Å². The van der Waals surface area contributed by atoms with Crippen molar-refractivity contribution in [1.29, 1.82) is 0 Å². The molecule has 1 rings (SSSR count). The van der Waals surface area contributed by atoms with Gasteiger partial charge in [-0.1, -0.05) is 13.3 Å². The van der Waals surface area contributed by atoms with Gasteiger partial charge in [-0.25, -0.2) is 4.57 Å². The summed E-state index contributed by atoms with van der Waals surface area (Å²) < 4.78 is 1.37. The van der Waals surface area contributed by atoms with Crippen LogP contribution in [0, 0.1) is 10.1 Å². The van der Waals surface area contributed by atoms with Crippen molar-refractivity contribution in [3.63, 3.8) is 0 Å². The summed E-state index contributed by atoms with van der Waals surface area (Å²) >= 11 is 0. The number of Topliss-reactive ketones (excluding diaryl/α,β-unsaturated/α-hetero) is 1. The second-order valence-corrected chi connectivity index (χ2v) is 3.39. The summed E-state index contributed by atoms with van der Waals surface area (Å²) in [4.78, 5) is 21.5. The van der Waals surface area contributed by atoms with Crippen LogP contribution < -0.4 is 0 Å². The van der Waals surface area contributed by atoms with Crippen molar-refractivity contribution in [2.45, 2.75) is 32.7 Å². The zero-order valence-electron chi connectivity index (χ0n) is 8.68. The Morgan fingerprint density at radius 1 is 1.60 bits per heavy atom. The first kappa shape index (κ1) is 11.4. The second kappa shape index (κ2) is 5.29. The second-order valence-electron chi connectivity index (χ2n) is 3.39. The van der Waals surface area contributed by atoms with Crippen LogP contribution in [0.1, 0.15) is 26.2 Å². The minimum absolute atomic E-state index is 0.0279. The van der Waals surface area contributed by atoms with Gasteiger partial charge in [0.05, 0.1) is 6.20 Å². The van der Waals surface area contributed by atoms with Crippen molar-refractivity contribution in [2.75, 3.05) is 0 Å². The molecule has 0 bridgehead atoms. The lowest BCUT2D eigenvalue weighted by Crippen LogP contribution is -2.10. The zero-order chi connectivity index (χ0) is 11.3. The van der Waals surface area contributed by atoms with E-state index in [2.05, 4.69) is 0 Å². The van der Waals surface area contributed by atoms with Crippen LogP contribution in [0.25, 0.3) is 0 Å². The van der Waals surface area contributed by atoms with Gasteiger partial charge < -0.3 is 10.1 Å². The molecule has 1 aromatic heterocycles. The SMILES string of the molecule is CCCCC(=O)Cn1cccc1[N+](=O)[O-]. The summed E-state index contributed by atoms with van der Waals surface area (Å²) in [6, 6.07) is 2.97. The third-order valence-corrected chi connectivity index (χ3v) is 2.15. The van der Waals surface area contributed by atoms with E-state index in [4.69, 9.17) is 0 Å². The van der Waals surface area contributed by atoms with Crippen molar-refractivity contribution in [3.8, 4) is 0 Å². The molecule has 0 aliphatic heterocycles. The largest absolute Gasteiger partial charge is 0.358 e. The van der Waals surface area contributed by atoms with Crippen molar-refractivity contribution < 1.29 is 9.72 Å². The van der Waals surface area contributed by atoms with Crippen molar-refractivity contribution >= 4 is 11.6 Å². The predicted octanol–water partition coefficient (Wildman–Crippen LogP) is 2.16. The molecule has 0 amide bonds. The van der Waals surface area contributed by atoms with Gasteiger partial charge >= 0.3 is 5.82 Å². The lowest BCUT2D eigenvalue weighted by molar-refractivity contribution is -0.391. The molecule has 1 aromatic rings. The van der Waals surface area contributed by atoms with E-state index in [0.717, 1.165) is 12.8 Å². The van der Waals surface area contributed by atoms with Crippen LogP contribution in [0.3, 0.4) is 0 Å². The lowest BCUT2D eigenvalue weighted by atomic mass is 10.2. The van der Waals surface area contributed by atoms with Crippen LogP contribution in [0.5, 0.6) is 0 Å². The van der Waals surface area contributed by atoms with Gasteiger partial charge in [-0.3, -0.25) is 4.79 Å². The molecular weight excluding hydrogens is 196 g/mol. The molecule has 0 fully saturated rings. The highest BCUT2D eigenvalue weighted by Crippen LogP contribution is 2.12. The summed E-state index contributed by atoms with van der Waals surface area (Å²) in [5.41, 5.74) is 0. The Balaban J connectivity index is 2.60. The predicted molar refractivity (Wildman–Crippen MR) is 55.6 cm³/mol. The number of carbonyl (C=O) groups excluding carboxylic acids is 1. The number of hydrogen-bond acceptors (Lipinski definition) is 3. The summed E-state index contributed by atoms with van der Waals surface area (Å²) in [5.74, 6) is 0.0102. The number of nitro groups is 1. The van der Waals surface area contributed by atoms with E-state index in [9.17, 15) is 14.9 Å². The number of rotatable bonds is 6. The Morgan fingerprint density at radius 3 is 2.93 bits per heavy atom. The molecule has 82 valence electrons. The molecule has 0 aromatic carbocycles. The highest BCUT2D eigenvalue weighted by molar-refractivity contribution is 5.78. The third-order valence-electron chi connectivity index (χ3n) is 2.15. The molecule has 0 aliphatic carbocycles. The molecular formula is C10H14N2O3. The van der Waals surface area contributed by atoms with Crippen molar-refractivity contribution in [3.05, 3.63) is 28.4 Å². The number of hydrogen-bond donors (Lipinski definition) is 0. The molecule has 15 heavy (non-hydrogen) atoms. The van der Waals surface area contributed by atoms with Gasteiger partial charge in [-0.15, -0.1) is 0 Å². The molecule has 5 heteroatoms. The van der Waals surface area contributed by atoms with Gasteiger partial charge in [-0.2, -0.15) is 0 Å². The highest BCUT2D eigenvalue weighted by atomic mass is 16.6. The zero-order valence-corrected chi connectivity index (χ0v) is 8.68. The van der Waals surface area contributed by atoms with Gasteiger partial charge in [-0.05, 0) is 17.4 Å². The fourth-order valence-electron chi connectivity index (χ4n) is 1.35. The molecule has 0 N–H and O–H groups in total. The average Bonchev–Trinajstić information content (AvgIpc) is 2.62. The number of unbranched alkanes of at least 4 members (excludes halogenated alkanes) is 1. The average molecular weight is 210 g/mol. The first-order valence-corrected chi connectivity index (χ1v) is 4.96. The van der Waals surface area contributed by atoms with E-state index in [1.165, 1.54) is 10.6 Å². The van der Waals surface area contributed by atoms with Crippen LogP contribution in [-0.2, 0) is 11.3 Å². The number of nitrogens with zero attached hydrogens (tertiary/aromatic N) is 2. The van der Waals surface area contributed by atoms with Crippen LogP contribution in [0.4, 0.5) is 5.82 Å². The molecule has 0 radical (unpaired) electrons.